The van der Waals surface area contributed by atoms with Crippen molar-refractivity contribution in [3.63, 3.8) is 0 Å². The molecule has 0 fully saturated rings. The molecule has 15 heavy (non-hydrogen) atoms. The molecule has 2 aromatic rings. The van der Waals surface area contributed by atoms with Gasteiger partial charge in [-0.3, -0.25) is 4.79 Å². The van der Waals surface area contributed by atoms with Crippen molar-refractivity contribution < 1.29 is 4.79 Å². The Balaban J connectivity index is 2.27. The Bertz CT molecular complexity index is 482. The number of aryl methyl sites for hydroxylation is 1. The van der Waals surface area contributed by atoms with Crippen molar-refractivity contribution in [1.29, 1.82) is 0 Å². The van der Waals surface area contributed by atoms with Crippen LogP contribution in [0.5, 0.6) is 0 Å². The second-order valence-electron chi connectivity index (χ2n) is 2.87. The Kier molecular flexibility index (Phi) is 3.13. The number of rotatable bonds is 3. The molecule has 2 aromatic heterocycles. The molecule has 0 aliphatic heterocycles. The summed E-state index contributed by atoms with van der Waals surface area (Å²) in [6, 6.07) is 3.50. The first kappa shape index (κ1) is 10.3. The van der Waals surface area contributed by atoms with Crippen LogP contribution in [0.25, 0.3) is 0 Å². The summed E-state index contributed by atoms with van der Waals surface area (Å²) in [4.78, 5) is 19.2. The predicted octanol–water partition coefficient (Wildman–Crippen LogP) is 2.81. The quantitative estimate of drug-likeness (QED) is 0.768. The zero-order valence-electron chi connectivity index (χ0n) is 8.01. The summed E-state index contributed by atoms with van der Waals surface area (Å²) in [6.45, 7) is 1.94. The normalized spacial score (nSPS) is 10.2. The van der Waals surface area contributed by atoms with Gasteiger partial charge in [-0.1, -0.05) is 0 Å². The highest BCUT2D eigenvalue weighted by Crippen LogP contribution is 2.30. The SMILES string of the molecule is Cc1csc(Sc2ncccc2C=O)n1. The number of carbonyl (C=O) groups is 1. The van der Waals surface area contributed by atoms with Crippen LogP contribution in [-0.2, 0) is 0 Å². The van der Waals surface area contributed by atoms with Crippen molar-refractivity contribution in [2.75, 3.05) is 0 Å². The van der Waals surface area contributed by atoms with Gasteiger partial charge in [0.25, 0.3) is 0 Å². The van der Waals surface area contributed by atoms with Gasteiger partial charge in [0.15, 0.2) is 10.6 Å². The van der Waals surface area contributed by atoms with Crippen LogP contribution in [0.2, 0.25) is 0 Å². The Morgan fingerprint density at radius 2 is 2.40 bits per heavy atom. The maximum atomic E-state index is 10.8. The Hall–Kier alpha value is -1.20. The van der Waals surface area contributed by atoms with Crippen LogP contribution in [0.15, 0.2) is 33.1 Å². The van der Waals surface area contributed by atoms with Crippen molar-refractivity contribution in [1.82, 2.24) is 9.97 Å². The molecule has 0 aliphatic carbocycles. The minimum Gasteiger partial charge on any atom is -0.298 e. The van der Waals surface area contributed by atoms with Gasteiger partial charge in [0, 0.05) is 22.8 Å². The lowest BCUT2D eigenvalue weighted by atomic mass is 10.3. The average molecular weight is 236 g/mol. The molecule has 0 atom stereocenters. The van der Waals surface area contributed by atoms with Crippen molar-refractivity contribution in [3.05, 3.63) is 35.0 Å². The van der Waals surface area contributed by atoms with Crippen molar-refractivity contribution >= 4 is 29.4 Å². The first-order chi connectivity index (χ1) is 7.29. The lowest BCUT2D eigenvalue weighted by Gasteiger charge is -1.98. The predicted molar refractivity (Wildman–Crippen MR) is 60.6 cm³/mol. The van der Waals surface area contributed by atoms with Crippen LogP contribution in [0.1, 0.15) is 16.1 Å². The molecule has 0 saturated carbocycles. The van der Waals surface area contributed by atoms with E-state index in [1.165, 1.54) is 11.8 Å². The lowest BCUT2D eigenvalue weighted by Crippen LogP contribution is -1.87. The number of nitrogens with zero attached hydrogens (tertiary/aromatic N) is 2. The molecule has 3 nitrogen and oxygen atoms in total. The number of aromatic nitrogens is 2. The molecular formula is C10H8N2OS2. The molecule has 2 rings (SSSR count). The molecule has 0 unspecified atom stereocenters. The summed E-state index contributed by atoms with van der Waals surface area (Å²) in [6.07, 6.45) is 2.49. The minimum absolute atomic E-state index is 0.607. The van der Waals surface area contributed by atoms with E-state index < -0.39 is 0 Å². The smallest absolute Gasteiger partial charge is 0.156 e. The average Bonchev–Trinajstić information content (AvgIpc) is 2.65. The van der Waals surface area contributed by atoms with E-state index in [0.29, 0.717) is 10.6 Å². The summed E-state index contributed by atoms with van der Waals surface area (Å²) < 4.78 is 0.911. The Labute approximate surface area is 95.6 Å². The molecule has 0 aliphatic rings. The van der Waals surface area contributed by atoms with Crippen molar-refractivity contribution in [2.45, 2.75) is 16.3 Å². The largest absolute Gasteiger partial charge is 0.298 e. The van der Waals surface area contributed by atoms with Crippen LogP contribution in [0.4, 0.5) is 0 Å². The van der Waals surface area contributed by atoms with Gasteiger partial charge in [0.05, 0.1) is 0 Å². The number of hydrogen-bond acceptors (Lipinski definition) is 5. The van der Waals surface area contributed by atoms with Gasteiger partial charge >= 0.3 is 0 Å². The number of thiazole rings is 1. The third-order valence-corrected chi connectivity index (χ3v) is 3.80. The van der Waals surface area contributed by atoms with Gasteiger partial charge in [0.2, 0.25) is 0 Å². The highest BCUT2D eigenvalue weighted by atomic mass is 32.2. The molecule has 0 bridgehead atoms. The number of carbonyl (C=O) groups excluding carboxylic acids is 1. The maximum Gasteiger partial charge on any atom is 0.156 e. The van der Waals surface area contributed by atoms with Gasteiger partial charge < -0.3 is 0 Å². The van der Waals surface area contributed by atoms with Gasteiger partial charge in [-0.15, -0.1) is 11.3 Å². The molecule has 76 valence electrons. The van der Waals surface area contributed by atoms with E-state index in [0.717, 1.165) is 16.3 Å². The topological polar surface area (TPSA) is 42.9 Å². The number of pyridine rings is 1. The fraction of sp³-hybridized carbons (Fsp3) is 0.100. The van der Waals surface area contributed by atoms with Gasteiger partial charge in [-0.25, -0.2) is 9.97 Å². The van der Waals surface area contributed by atoms with E-state index in [9.17, 15) is 4.79 Å². The second-order valence-corrected chi connectivity index (χ2v) is 4.97. The van der Waals surface area contributed by atoms with Crippen LogP contribution in [0, 0.1) is 6.92 Å². The second kappa shape index (κ2) is 4.55. The molecule has 2 heterocycles. The Morgan fingerprint density at radius 1 is 1.53 bits per heavy atom. The van der Waals surface area contributed by atoms with Gasteiger partial charge in [-0.2, -0.15) is 0 Å². The molecule has 0 spiro atoms. The van der Waals surface area contributed by atoms with Crippen molar-refractivity contribution in [2.24, 2.45) is 0 Å². The first-order valence-electron chi connectivity index (χ1n) is 4.30. The standard InChI is InChI=1S/C10H8N2OS2/c1-7-6-14-10(12-7)15-9-8(5-13)3-2-4-11-9/h2-6H,1H3. The number of aldehydes is 1. The summed E-state index contributed by atoms with van der Waals surface area (Å²) in [5.41, 5.74) is 1.60. The molecule has 0 radical (unpaired) electrons. The fourth-order valence-electron chi connectivity index (χ4n) is 1.04. The molecule has 0 N–H and O–H groups in total. The lowest BCUT2D eigenvalue weighted by molar-refractivity contribution is 0.112. The summed E-state index contributed by atoms with van der Waals surface area (Å²) in [5, 5.41) is 2.69. The van der Waals surface area contributed by atoms with E-state index in [2.05, 4.69) is 9.97 Å². The fourth-order valence-corrected chi connectivity index (χ4v) is 2.84. The summed E-state index contributed by atoms with van der Waals surface area (Å²) in [5.74, 6) is 0. The molecular weight excluding hydrogens is 228 g/mol. The minimum atomic E-state index is 0.607. The highest BCUT2D eigenvalue weighted by molar-refractivity contribution is 8.01. The van der Waals surface area contributed by atoms with Gasteiger partial charge in [-0.05, 0) is 30.8 Å². The van der Waals surface area contributed by atoms with Crippen LogP contribution >= 0.6 is 23.1 Å². The third kappa shape index (κ3) is 2.43. The monoisotopic (exact) mass is 236 g/mol. The van der Waals surface area contributed by atoms with Crippen LogP contribution < -0.4 is 0 Å². The Morgan fingerprint density at radius 3 is 3.07 bits per heavy atom. The summed E-state index contributed by atoms with van der Waals surface area (Å²) >= 11 is 2.98. The van der Waals surface area contributed by atoms with E-state index in [1.54, 1.807) is 29.7 Å². The zero-order chi connectivity index (χ0) is 10.7. The first-order valence-corrected chi connectivity index (χ1v) is 5.99. The molecule has 0 saturated heterocycles. The van der Waals surface area contributed by atoms with E-state index in [1.807, 2.05) is 12.3 Å². The zero-order valence-corrected chi connectivity index (χ0v) is 9.64. The van der Waals surface area contributed by atoms with E-state index in [-0.39, 0.29) is 0 Å². The summed E-state index contributed by atoms with van der Waals surface area (Å²) in [7, 11) is 0. The van der Waals surface area contributed by atoms with Crippen molar-refractivity contribution in [3.8, 4) is 0 Å². The van der Waals surface area contributed by atoms with Gasteiger partial charge in [0.1, 0.15) is 5.03 Å². The van der Waals surface area contributed by atoms with Crippen LogP contribution in [0.3, 0.4) is 0 Å². The van der Waals surface area contributed by atoms with E-state index in [4.69, 9.17) is 0 Å². The maximum absolute atomic E-state index is 10.8. The number of hydrogen-bond donors (Lipinski definition) is 0. The molecule has 0 amide bonds. The molecule has 5 heteroatoms. The highest BCUT2D eigenvalue weighted by Gasteiger charge is 2.06. The van der Waals surface area contributed by atoms with E-state index >= 15 is 0 Å². The van der Waals surface area contributed by atoms with Crippen LogP contribution in [-0.4, -0.2) is 16.3 Å². The third-order valence-electron chi connectivity index (χ3n) is 1.71. The molecule has 0 aromatic carbocycles.